The van der Waals surface area contributed by atoms with Crippen LogP contribution >= 0.6 is 0 Å². The van der Waals surface area contributed by atoms with E-state index in [-0.39, 0.29) is 0 Å². The number of anilines is 1. The van der Waals surface area contributed by atoms with Crippen molar-refractivity contribution in [2.24, 2.45) is 0 Å². The first-order valence-corrected chi connectivity index (χ1v) is 9.95. The van der Waals surface area contributed by atoms with Gasteiger partial charge in [-0.25, -0.2) is 4.68 Å². The van der Waals surface area contributed by atoms with Crippen molar-refractivity contribution < 1.29 is 23.9 Å². The predicted octanol–water partition coefficient (Wildman–Crippen LogP) is 2.57. The number of nitrogens with one attached hydrogen (secondary N) is 1. The number of aromatic nitrogens is 2. The van der Waals surface area contributed by atoms with Crippen molar-refractivity contribution in [3.63, 3.8) is 0 Å². The van der Waals surface area contributed by atoms with Gasteiger partial charge in [-0.2, -0.15) is 5.10 Å². The minimum Gasteiger partial charge on any atom is -0.493 e. The number of imide groups is 1. The molecule has 3 aromatic rings. The standard InChI is InChI=1S/C23H22N4O5/c1-14(27-22(29)16-8-4-5-9-17(16)23(27)30)21(28)25-19-11-12-24-26(19)13-15-7-6-10-18(31-2)20(15)32-3/h4-12,14H,13H2,1-3H3,(H,25,28). The second-order valence-corrected chi connectivity index (χ2v) is 7.22. The molecule has 3 amide bonds. The van der Waals surface area contributed by atoms with Crippen LogP contribution in [-0.4, -0.2) is 52.7 Å². The van der Waals surface area contributed by atoms with Crippen molar-refractivity contribution in [3.05, 3.63) is 71.4 Å². The number of hydrogen-bond donors (Lipinski definition) is 1. The molecule has 9 heteroatoms. The molecular formula is C23H22N4O5. The molecule has 0 saturated heterocycles. The van der Waals surface area contributed by atoms with Crippen molar-refractivity contribution in [2.45, 2.75) is 19.5 Å². The number of carbonyl (C=O) groups excluding carboxylic acids is 3. The van der Waals surface area contributed by atoms with E-state index in [0.717, 1.165) is 10.5 Å². The average Bonchev–Trinajstić information content (AvgIpc) is 3.34. The Balaban J connectivity index is 1.52. The summed E-state index contributed by atoms with van der Waals surface area (Å²) in [5.74, 6) is 0.108. The average molecular weight is 434 g/mol. The third kappa shape index (κ3) is 3.58. The van der Waals surface area contributed by atoms with E-state index in [9.17, 15) is 14.4 Å². The largest absolute Gasteiger partial charge is 0.493 e. The number of amides is 3. The van der Waals surface area contributed by atoms with Crippen LogP contribution in [0.5, 0.6) is 11.5 Å². The van der Waals surface area contributed by atoms with Crippen LogP contribution in [0.25, 0.3) is 0 Å². The topological polar surface area (TPSA) is 103 Å². The zero-order valence-electron chi connectivity index (χ0n) is 17.9. The Hall–Kier alpha value is -4.14. The quantitative estimate of drug-likeness (QED) is 0.574. The molecule has 1 atom stereocenters. The fraction of sp³-hybridized carbons (Fsp3) is 0.217. The predicted molar refractivity (Wildman–Crippen MR) is 116 cm³/mol. The molecule has 4 rings (SSSR count). The maximum Gasteiger partial charge on any atom is 0.262 e. The summed E-state index contributed by atoms with van der Waals surface area (Å²) in [5, 5.41) is 7.04. The Morgan fingerprint density at radius 3 is 2.31 bits per heavy atom. The Bertz CT molecular complexity index is 1170. The molecule has 0 fully saturated rings. The second kappa shape index (κ2) is 8.54. The van der Waals surface area contributed by atoms with Crippen LogP contribution in [-0.2, 0) is 11.3 Å². The first-order chi connectivity index (χ1) is 15.5. The maximum atomic E-state index is 12.9. The summed E-state index contributed by atoms with van der Waals surface area (Å²) in [6, 6.07) is 12.7. The zero-order valence-corrected chi connectivity index (χ0v) is 17.9. The lowest BCUT2D eigenvalue weighted by atomic mass is 10.1. The molecule has 2 aromatic carbocycles. The molecule has 1 N–H and O–H groups in total. The minimum absolute atomic E-state index is 0.298. The molecular weight excluding hydrogens is 412 g/mol. The van der Waals surface area contributed by atoms with Crippen LogP contribution in [0.15, 0.2) is 54.7 Å². The van der Waals surface area contributed by atoms with Gasteiger partial charge in [0.1, 0.15) is 11.9 Å². The van der Waals surface area contributed by atoms with Crippen LogP contribution < -0.4 is 14.8 Å². The molecule has 0 aliphatic carbocycles. The SMILES string of the molecule is COc1cccc(Cn2nccc2NC(=O)C(C)N2C(=O)c3ccccc3C2=O)c1OC. The van der Waals surface area contributed by atoms with E-state index in [0.29, 0.717) is 35.0 Å². The molecule has 1 aliphatic rings. The van der Waals surface area contributed by atoms with Gasteiger partial charge in [0.15, 0.2) is 11.5 Å². The van der Waals surface area contributed by atoms with Crippen molar-refractivity contribution in [1.29, 1.82) is 0 Å². The lowest BCUT2D eigenvalue weighted by Gasteiger charge is -2.22. The Kier molecular flexibility index (Phi) is 5.63. The van der Waals surface area contributed by atoms with Crippen LogP contribution in [0, 0.1) is 0 Å². The smallest absolute Gasteiger partial charge is 0.262 e. The second-order valence-electron chi connectivity index (χ2n) is 7.22. The van der Waals surface area contributed by atoms with Crippen LogP contribution in [0.4, 0.5) is 5.82 Å². The highest BCUT2D eigenvalue weighted by Gasteiger charge is 2.40. The fourth-order valence-electron chi connectivity index (χ4n) is 3.71. The highest BCUT2D eigenvalue weighted by atomic mass is 16.5. The molecule has 2 heterocycles. The number of ether oxygens (including phenoxy) is 2. The van der Waals surface area contributed by atoms with Crippen molar-refractivity contribution in [1.82, 2.24) is 14.7 Å². The maximum absolute atomic E-state index is 12.9. The van der Waals surface area contributed by atoms with Crippen molar-refractivity contribution >= 4 is 23.5 Å². The number of para-hydroxylation sites is 1. The lowest BCUT2D eigenvalue weighted by molar-refractivity contribution is -0.119. The number of carbonyl (C=O) groups is 3. The Morgan fingerprint density at radius 1 is 1.00 bits per heavy atom. The molecule has 0 spiro atoms. The van der Waals surface area contributed by atoms with Gasteiger partial charge in [0, 0.05) is 11.6 Å². The summed E-state index contributed by atoms with van der Waals surface area (Å²) in [6.07, 6.45) is 1.55. The first-order valence-electron chi connectivity index (χ1n) is 9.95. The van der Waals surface area contributed by atoms with Crippen LogP contribution in [0.2, 0.25) is 0 Å². The molecule has 1 unspecified atom stereocenters. The van der Waals surface area contributed by atoms with E-state index in [1.54, 1.807) is 61.5 Å². The highest BCUT2D eigenvalue weighted by Crippen LogP contribution is 2.31. The molecule has 0 saturated carbocycles. The molecule has 164 valence electrons. The number of methoxy groups -OCH3 is 2. The third-order valence-electron chi connectivity index (χ3n) is 5.36. The first kappa shape index (κ1) is 21.1. The number of rotatable bonds is 7. The summed E-state index contributed by atoms with van der Waals surface area (Å²) in [6.45, 7) is 1.83. The van der Waals surface area contributed by atoms with Gasteiger partial charge in [-0.15, -0.1) is 0 Å². The van der Waals surface area contributed by atoms with Gasteiger partial charge in [0.2, 0.25) is 5.91 Å². The fourth-order valence-corrected chi connectivity index (χ4v) is 3.71. The Labute approximate surface area is 184 Å². The van der Waals surface area contributed by atoms with Crippen LogP contribution in [0.3, 0.4) is 0 Å². The third-order valence-corrected chi connectivity index (χ3v) is 5.36. The van der Waals surface area contributed by atoms with Gasteiger partial charge in [-0.3, -0.25) is 19.3 Å². The summed E-state index contributed by atoms with van der Waals surface area (Å²) in [4.78, 5) is 39.3. The van der Waals surface area contributed by atoms with Gasteiger partial charge in [-0.05, 0) is 25.1 Å². The molecule has 9 nitrogen and oxygen atoms in total. The normalized spacial score (nSPS) is 13.7. The summed E-state index contributed by atoms with van der Waals surface area (Å²) in [5.41, 5.74) is 1.40. The molecule has 0 radical (unpaired) electrons. The van der Waals surface area contributed by atoms with Gasteiger partial charge < -0.3 is 14.8 Å². The molecule has 0 bridgehead atoms. The van der Waals surface area contributed by atoms with E-state index < -0.39 is 23.8 Å². The Morgan fingerprint density at radius 2 is 1.69 bits per heavy atom. The van der Waals surface area contributed by atoms with E-state index in [4.69, 9.17) is 9.47 Å². The molecule has 32 heavy (non-hydrogen) atoms. The highest BCUT2D eigenvalue weighted by molar-refractivity contribution is 6.23. The molecule has 1 aromatic heterocycles. The minimum atomic E-state index is -1.00. The zero-order chi connectivity index (χ0) is 22.8. The monoisotopic (exact) mass is 434 g/mol. The number of fused-ring (bicyclic) bond motifs is 1. The summed E-state index contributed by atoms with van der Waals surface area (Å²) < 4.78 is 12.4. The van der Waals surface area contributed by atoms with Crippen molar-refractivity contribution in [2.75, 3.05) is 19.5 Å². The van der Waals surface area contributed by atoms with Gasteiger partial charge in [-0.1, -0.05) is 24.3 Å². The van der Waals surface area contributed by atoms with Crippen molar-refractivity contribution in [3.8, 4) is 11.5 Å². The summed E-state index contributed by atoms with van der Waals surface area (Å²) >= 11 is 0. The van der Waals surface area contributed by atoms with E-state index in [1.165, 1.54) is 6.92 Å². The van der Waals surface area contributed by atoms with Gasteiger partial charge in [0.05, 0.1) is 38.1 Å². The summed E-state index contributed by atoms with van der Waals surface area (Å²) in [7, 11) is 3.11. The van der Waals surface area contributed by atoms with Gasteiger partial charge >= 0.3 is 0 Å². The van der Waals surface area contributed by atoms with Crippen LogP contribution in [0.1, 0.15) is 33.2 Å². The number of benzene rings is 2. The van der Waals surface area contributed by atoms with Gasteiger partial charge in [0.25, 0.3) is 11.8 Å². The lowest BCUT2D eigenvalue weighted by Crippen LogP contribution is -2.45. The van der Waals surface area contributed by atoms with E-state index >= 15 is 0 Å². The van der Waals surface area contributed by atoms with E-state index in [2.05, 4.69) is 10.4 Å². The molecule has 1 aliphatic heterocycles. The number of hydrogen-bond acceptors (Lipinski definition) is 6. The van der Waals surface area contributed by atoms with E-state index in [1.807, 2.05) is 12.1 Å². The number of nitrogens with zero attached hydrogens (tertiary/aromatic N) is 3.